The summed E-state index contributed by atoms with van der Waals surface area (Å²) in [6, 6.07) is 1.80. The molecule has 0 radical (unpaired) electrons. The molecule has 0 aliphatic heterocycles. The van der Waals surface area contributed by atoms with E-state index in [9.17, 15) is 8.78 Å². The van der Waals surface area contributed by atoms with E-state index < -0.39 is 11.6 Å². The van der Waals surface area contributed by atoms with Crippen molar-refractivity contribution in [2.24, 2.45) is 17.7 Å². The van der Waals surface area contributed by atoms with E-state index in [1.54, 1.807) is 0 Å². The van der Waals surface area contributed by atoms with Crippen LogP contribution in [0.2, 0.25) is 5.02 Å². The van der Waals surface area contributed by atoms with Crippen LogP contribution in [-0.4, -0.2) is 0 Å². The summed E-state index contributed by atoms with van der Waals surface area (Å²) in [5.74, 6) is 5.27. The predicted molar refractivity (Wildman–Crippen MR) is 72.6 cm³/mol. The summed E-state index contributed by atoms with van der Waals surface area (Å²) in [6.07, 6.45) is 4.23. The molecule has 0 bridgehead atoms. The second-order valence-corrected chi connectivity index (χ2v) is 5.87. The van der Waals surface area contributed by atoms with E-state index in [-0.39, 0.29) is 22.5 Å². The minimum atomic E-state index is -0.609. The molecule has 1 saturated carbocycles. The van der Waals surface area contributed by atoms with Crippen LogP contribution in [0.5, 0.6) is 0 Å². The summed E-state index contributed by atoms with van der Waals surface area (Å²) in [5, 5.41) is -0.200. The van der Waals surface area contributed by atoms with E-state index in [4.69, 9.17) is 17.4 Å². The van der Waals surface area contributed by atoms with Crippen molar-refractivity contribution in [2.45, 2.75) is 38.6 Å². The Morgan fingerprint density at radius 3 is 2.68 bits per heavy atom. The molecule has 1 aliphatic rings. The Bertz CT molecular complexity index is 453. The van der Waals surface area contributed by atoms with Crippen molar-refractivity contribution in [3.8, 4) is 0 Å². The van der Waals surface area contributed by atoms with Crippen LogP contribution in [0.25, 0.3) is 0 Å². The largest absolute Gasteiger partial charge is 0.271 e. The summed E-state index contributed by atoms with van der Waals surface area (Å²) in [5.41, 5.74) is 2.91. The first-order chi connectivity index (χ1) is 9.02. The van der Waals surface area contributed by atoms with Gasteiger partial charge in [0.25, 0.3) is 0 Å². The molecule has 1 aromatic rings. The maximum absolute atomic E-state index is 14.0. The molecule has 2 rings (SSSR count). The van der Waals surface area contributed by atoms with Gasteiger partial charge in [0.1, 0.15) is 11.6 Å². The second kappa shape index (κ2) is 6.16. The van der Waals surface area contributed by atoms with Gasteiger partial charge < -0.3 is 0 Å². The Morgan fingerprint density at radius 2 is 2.05 bits per heavy atom. The van der Waals surface area contributed by atoms with Crippen LogP contribution in [0.1, 0.15) is 44.2 Å². The molecule has 3 unspecified atom stereocenters. The molecule has 19 heavy (non-hydrogen) atoms. The number of nitrogens with two attached hydrogens (primary N) is 1. The lowest BCUT2D eigenvalue weighted by atomic mass is 9.77. The van der Waals surface area contributed by atoms with E-state index >= 15 is 0 Å². The molecule has 0 heterocycles. The van der Waals surface area contributed by atoms with Gasteiger partial charge in [-0.2, -0.15) is 0 Å². The maximum atomic E-state index is 14.0. The number of hydrogen-bond donors (Lipinski definition) is 2. The lowest BCUT2D eigenvalue weighted by Gasteiger charge is -2.33. The van der Waals surface area contributed by atoms with Crippen molar-refractivity contribution in [2.75, 3.05) is 0 Å². The monoisotopic (exact) mass is 288 g/mol. The van der Waals surface area contributed by atoms with Crippen LogP contribution in [0.15, 0.2) is 12.1 Å². The van der Waals surface area contributed by atoms with Crippen LogP contribution >= 0.6 is 11.6 Å². The number of rotatable bonds is 3. The average molecular weight is 289 g/mol. The zero-order valence-electron chi connectivity index (χ0n) is 10.9. The van der Waals surface area contributed by atoms with Gasteiger partial charge in [-0.1, -0.05) is 31.4 Å². The average Bonchev–Trinajstić information content (AvgIpc) is 2.36. The molecule has 0 spiro atoms. The molecule has 1 fully saturated rings. The minimum absolute atomic E-state index is 0.200. The third kappa shape index (κ3) is 3.25. The van der Waals surface area contributed by atoms with Crippen molar-refractivity contribution < 1.29 is 8.78 Å². The van der Waals surface area contributed by atoms with Gasteiger partial charge in [-0.25, -0.2) is 8.78 Å². The predicted octanol–water partition coefficient (Wildman–Crippen LogP) is 3.95. The Kier molecular flexibility index (Phi) is 4.76. The first-order valence-electron chi connectivity index (χ1n) is 6.63. The lowest BCUT2D eigenvalue weighted by Crippen LogP contribution is -2.36. The van der Waals surface area contributed by atoms with Crippen LogP contribution in [0.3, 0.4) is 0 Å². The zero-order valence-corrected chi connectivity index (χ0v) is 11.7. The van der Waals surface area contributed by atoms with Gasteiger partial charge in [-0.05, 0) is 36.8 Å². The highest BCUT2D eigenvalue weighted by atomic mass is 35.5. The fourth-order valence-electron chi connectivity index (χ4n) is 3.04. The van der Waals surface area contributed by atoms with Crippen molar-refractivity contribution >= 4 is 11.6 Å². The van der Waals surface area contributed by atoms with Crippen molar-refractivity contribution in [1.29, 1.82) is 0 Å². The van der Waals surface area contributed by atoms with E-state index in [1.807, 2.05) is 0 Å². The van der Waals surface area contributed by atoms with Gasteiger partial charge >= 0.3 is 0 Å². The summed E-state index contributed by atoms with van der Waals surface area (Å²) in [4.78, 5) is 0. The van der Waals surface area contributed by atoms with Crippen molar-refractivity contribution in [3.05, 3.63) is 34.4 Å². The van der Waals surface area contributed by atoms with Crippen LogP contribution < -0.4 is 11.3 Å². The quantitative estimate of drug-likeness (QED) is 0.502. The number of benzene rings is 1. The molecule has 0 saturated heterocycles. The highest BCUT2D eigenvalue weighted by molar-refractivity contribution is 6.30. The highest BCUT2D eigenvalue weighted by Gasteiger charge is 2.29. The molecule has 5 heteroatoms. The van der Waals surface area contributed by atoms with Crippen LogP contribution in [0.4, 0.5) is 8.78 Å². The van der Waals surface area contributed by atoms with Gasteiger partial charge in [0, 0.05) is 5.56 Å². The summed E-state index contributed by atoms with van der Waals surface area (Å²) in [7, 11) is 0. The van der Waals surface area contributed by atoms with Crippen LogP contribution in [-0.2, 0) is 0 Å². The molecular formula is C14H19ClF2N2. The van der Waals surface area contributed by atoms with Gasteiger partial charge in [0.15, 0.2) is 0 Å². The molecular weight excluding hydrogens is 270 g/mol. The third-order valence-electron chi connectivity index (χ3n) is 4.00. The summed E-state index contributed by atoms with van der Waals surface area (Å²) < 4.78 is 27.5. The fourth-order valence-corrected chi connectivity index (χ4v) is 3.19. The minimum Gasteiger partial charge on any atom is -0.271 e. The number of hydrazine groups is 1. The Hall–Kier alpha value is -0.710. The molecule has 0 aromatic heterocycles. The summed E-state index contributed by atoms with van der Waals surface area (Å²) in [6.45, 7) is 2.18. The molecule has 0 amide bonds. The van der Waals surface area contributed by atoms with Gasteiger partial charge in [0.05, 0.1) is 11.1 Å². The number of nitrogens with one attached hydrogen (secondary N) is 1. The molecule has 3 N–H and O–H groups in total. The van der Waals surface area contributed by atoms with Crippen molar-refractivity contribution in [1.82, 2.24) is 5.43 Å². The maximum Gasteiger partial charge on any atom is 0.142 e. The molecule has 2 nitrogen and oxygen atoms in total. The molecule has 1 aromatic carbocycles. The molecule has 3 atom stereocenters. The smallest absolute Gasteiger partial charge is 0.142 e. The zero-order chi connectivity index (χ0) is 14.0. The lowest BCUT2D eigenvalue weighted by molar-refractivity contribution is 0.221. The topological polar surface area (TPSA) is 38.0 Å². The molecule has 106 valence electrons. The van der Waals surface area contributed by atoms with E-state index in [2.05, 4.69) is 12.3 Å². The fraction of sp³-hybridized carbons (Fsp3) is 0.571. The normalized spacial score (nSPS) is 25.3. The standard InChI is InChI=1S/C14H19ClF2N2/c1-8-3-2-4-9(5-8)14(19-18)10-6-13(17)11(15)7-12(10)16/h6-9,14,19H,2-5,18H2,1H3. The Balaban J connectivity index is 2.28. The van der Waals surface area contributed by atoms with Gasteiger partial charge in [0.2, 0.25) is 0 Å². The van der Waals surface area contributed by atoms with Gasteiger partial charge in [-0.3, -0.25) is 11.3 Å². The van der Waals surface area contributed by atoms with E-state index in [0.29, 0.717) is 5.92 Å². The van der Waals surface area contributed by atoms with E-state index in [0.717, 1.165) is 31.4 Å². The number of halogens is 3. The Labute approximate surface area is 117 Å². The van der Waals surface area contributed by atoms with Gasteiger partial charge in [-0.15, -0.1) is 0 Å². The highest BCUT2D eigenvalue weighted by Crippen LogP contribution is 2.38. The van der Waals surface area contributed by atoms with Crippen molar-refractivity contribution in [3.63, 3.8) is 0 Å². The second-order valence-electron chi connectivity index (χ2n) is 5.46. The van der Waals surface area contributed by atoms with E-state index in [1.165, 1.54) is 6.42 Å². The summed E-state index contributed by atoms with van der Waals surface area (Å²) >= 11 is 5.58. The first-order valence-corrected chi connectivity index (χ1v) is 7.01. The molecule has 1 aliphatic carbocycles. The number of hydrogen-bond acceptors (Lipinski definition) is 2. The SMILES string of the molecule is CC1CCCC(C(NN)c2cc(F)c(Cl)cc2F)C1. The van der Waals surface area contributed by atoms with Crippen LogP contribution in [0, 0.1) is 23.5 Å². The Morgan fingerprint density at radius 1 is 1.32 bits per heavy atom. The third-order valence-corrected chi connectivity index (χ3v) is 4.29. The first kappa shape index (κ1) is 14.7.